The maximum atomic E-state index is 11.4. The van der Waals surface area contributed by atoms with Crippen molar-refractivity contribution in [2.45, 2.75) is 25.9 Å². The third kappa shape index (κ3) is 2.66. The summed E-state index contributed by atoms with van der Waals surface area (Å²) in [5.74, 6) is -0.929. The van der Waals surface area contributed by atoms with Crippen LogP contribution in [0.2, 0.25) is 0 Å². The Kier molecular flexibility index (Phi) is 3.66. The van der Waals surface area contributed by atoms with Gasteiger partial charge in [0.2, 0.25) is 0 Å². The van der Waals surface area contributed by atoms with Crippen molar-refractivity contribution in [3.8, 4) is 0 Å². The van der Waals surface area contributed by atoms with Crippen molar-refractivity contribution >= 4 is 17.3 Å². The average Bonchev–Trinajstić information content (AvgIpc) is 2.35. The van der Waals surface area contributed by atoms with Crippen molar-refractivity contribution in [3.05, 3.63) is 23.8 Å². The first-order chi connectivity index (χ1) is 8.90. The number of aromatic carboxylic acids is 1. The molecule has 5 heteroatoms. The molecule has 2 rings (SSSR count). The number of nitrogen functional groups attached to an aromatic ring is 1. The highest BCUT2D eigenvalue weighted by Gasteiger charge is 2.28. The molecule has 0 spiro atoms. The lowest BCUT2D eigenvalue weighted by atomic mass is 10.1. The maximum absolute atomic E-state index is 11.4. The number of carboxylic acids is 1. The third-order valence-electron chi connectivity index (χ3n) is 3.95. The van der Waals surface area contributed by atoms with E-state index in [0.717, 1.165) is 18.8 Å². The lowest BCUT2D eigenvalue weighted by Gasteiger charge is -2.43. The number of carboxylic acid groups (broad SMARTS) is 1. The SMILES string of the molecule is CC1CN(c2ccc(N)cc2C(=O)O)CC(C)N1C. The van der Waals surface area contributed by atoms with E-state index in [4.69, 9.17) is 5.73 Å². The third-order valence-corrected chi connectivity index (χ3v) is 3.95. The molecule has 5 nitrogen and oxygen atoms in total. The monoisotopic (exact) mass is 263 g/mol. The molecule has 0 aliphatic carbocycles. The van der Waals surface area contributed by atoms with Crippen molar-refractivity contribution in [3.63, 3.8) is 0 Å². The van der Waals surface area contributed by atoms with Crippen LogP contribution < -0.4 is 10.6 Å². The number of hydrogen-bond acceptors (Lipinski definition) is 4. The van der Waals surface area contributed by atoms with Gasteiger partial charge in [-0.3, -0.25) is 4.90 Å². The van der Waals surface area contributed by atoms with E-state index in [-0.39, 0.29) is 5.56 Å². The summed E-state index contributed by atoms with van der Waals surface area (Å²) >= 11 is 0. The standard InChI is InChI=1S/C14H21N3O2/c1-9-7-17(8-10(2)16(9)3)13-5-4-11(15)6-12(13)14(18)19/h4-6,9-10H,7-8,15H2,1-3H3,(H,18,19). The first-order valence-corrected chi connectivity index (χ1v) is 6.50. The van der Waals surface area contributed by atoms with Gasteiger partial charge in [0, 0.05) is 30.9 Å². The van der Waals surface area contributed by atoms with Gasteiger partial charge in [-0.2, -0.15) is 0 Å². The number of nitrogens with two attached hydrogens (primary N) is 1. The number of anilines is 2. The Balaban J connectivity index is 2.34. The van der Waals surface area contributed by atoms with Gasteiger partial charge in [-0.25, -0.2) is 4.79 Å². The Bertz CT molecular complexity index is 478. The minimum Gasteiger partial charge on any atom is -0.478 e. The van der Waals surface area contributed by atoms with Crippen LogP contribution in [-0.4, -0.2) is 48.2 Å². The summed E-state index contributed by atoms with van der Waals surface area (Å²) in [5, 5.41) is 9.31. The van der Waals surface area contributed by atoms with E-state index in [1.165, 1.54) is 6.07 Å². The fraction of sp³-hybridized carbons (Fsp3) is 0.500. The van der Waals surface area contributed by atoms with Crippen molar-refractivity contribution in [2.75, 3.05) is 30.8 Å². The Morgan fingerprint density at radius 3 is 2.42 bits per heavy atom. The molecule has 3 N–H and O–H groups in total. The summed E-state index contributed by atoms with van der Waals surface area (Å²) in [6.07, 6.45) is 0. The van der Waals surface area contributed by atoms with Gasteiger partial charge in [0.25, 0.3) is 0 Å². The van der Waals surface area contributed by atoms with Crippen LogP contribution >= 0.6 is 0 Å². The van der Waals surface area contributed by atoms with E-state index in [9.17, 15) is 9.90 Å². The molecule has 0 bridgehead atoms. The first kappa shape index (κ1) is 13.7. The molecule has 1 saturated heterocycles. The molecular weight excluding hydrogens is 242 g/mol. The highest BCUT2D eigenvalue weighted by atomic mass is 16.4. The second kappa shape index (κ2) is 5.09. The largest absolute Gasteiger partial charge is 0.478 e. The molecule has 1 aromatic rings. The van der Waals surface area contributed by atoms with Crippen molar-refractivity contribution < 1.29 is 9.90 Å². The molecule has 1 aliphatic rings. The fourth-order valence-corrected chi connectivity index (χ4v) is 2.60. The Hall–Kier alpha value is -1.75. The van der Waals surface area contributed by atoms with E-state index in [1.54, 1.807) is 6.07 Å². The highest BCUT2D eigenvalue weighted by molar-refractivity contribution is 5.95. The van der Waals surface area contributed by atoms with E-state index in [2.05, 4.69) is 30.7 Å². The van der Waals surface area contributed by atoms with E-state index >= 15 is 0 Å². The smallest absolute Gasteiger partial charge is 0.337 e. The normalized spacial score (nSPS) is 24.5. The number of benzene rings is 1. The summed E-state index contributed by atoms with van der Waals surface area (Å²) in [5.41, 5.74) is 7.20. The van der Waals surface area contributed by atoms with Crippen LogP contribution in [0.15, 0.2) is 18.2 Å². The fourth-order valence-electron chi connectivity index (χ4n) is 2.60. The quantitative estimate of drug-likeness (QED) is 0.791. The maximum Gasteiger partial charge on any atom is 0.337 e. The lowest BCUT2D eigenvalue weighted by Crippen LogP contribution is -2.55. The summed E-state index contributed by atoms with van der Waals surface area (Å²) in [7, 11) is 2.10. The van der Waals surface area contributed by atoms with Gasteiger partial charge < -0.3 is 15.7 Å². The zero-order valence-electron chi connectivity index (χ0n) is 11.6. The summed E-state index contributed by atoms with van der Waals surface area (Å²) in [6, 6.07) is 5.88. The Morgan fingerprint density at radius 2 is 1.89 bits per heavy atom. The van der Waals surface area contributed by atoms with Crippen LogP contribution in [0.5, 0.6) is 0 Å². The molecular formula is C14H21N3O2. The minimum absolute atomic E-state index is 0.281. The van der Waals surface area contributed by atoms with Crippen molar-refractivity contribution in [1.29, 1.82) is 0 Å². The molecule has 0 aromatic heterocycles. The lowest BCUT2D eigenvalue weighted by molar-refractivity contribution is 0.0697. The number of carbonyl (C=O) groups is 1. The topological polar surface area (TPSA) is 69.8 Å². The number of likely N-dealkylation sites (N-methyl/N-ethyl adjacent to an activating group) is 1. The molecule has 0 saturated carbocycles. The molecule has 1 fully saturated rings. The van der Waals surface area contributed by atoms with Gasteiger partial charge >= 0.3 is 5.97 Å². The van der Waals surface area contributed by atoms with Gasteiger partial charge in [-0.1, -0.05) is 0 Å². The molecule has 1 aromatic carbocycles. The van der Waals surface area contributed by atoms with Gasteiger partial charge in [-0.05, 0) is 39.1 Å². The number of rotatable bonds is 2. The Morgan fingerprint density at radius 1 is 1.32 bits per heavy atom. The minimum atomic E-state index is -0.929. The summed E-state index contributed by atoms with van der Waals surface area (Å²) < 4.78 is 0. The van der Waals surface area contributed by atoms with E-state index < -0.39 is 5.97 Å². The highest BCUT2D eigenvalue weighted by Crippen LogP contribution is 2.27. The second-order valence-electron chi connectivity index (χ2n) is 5.35. The molecule has 0 radical (unpaired) electrons. The van der Waals surface area contributed by atoms with Crippen LogP contribution in [0, 0.1) is 0 Å². The second-order valence-corrected chi connectivity index (χ2v) is 5.35. The van der Waals surface area contributed by atoms with Crippen LogP contribution in [0.4, 0.5) is 11.4 Å². The number of piperazine rings is 1. The van der Waals surface area contributed by atoms with Gasteiger partial charge in [0.15, 0.2) is 0 Å². The first-order valence-electron chi connectivity index (χ1n) is 6.50. The Labute approximate surface area is 113 Å². The van der Waals surface area contributed by atoms with Crippen molar-refractivity contribution in [2.24, 2.45) is 0 Å². The average molecular weight is 263 g/mol. The van der Waals surface area contributed by atoms with Crippen LogP contribution in [0.25, 0.3) is 0 Å². The van der Waals surface area contributed by atoms with Gasteiger partial charge in [0.05, 0.1) is 11.3 Å². The number of nitrogens with zero attached hydrogens (tertiary/aromatic N) is 2. The molecule has 104 valence electrons. The molecule has 0 amide bonds. The molecule has 2 atom stereocenters. The summed E-state index contributed by atoms with van der Waals surface area (Å²) in [6.45, 7) is 5.96. The van der Waals surface area contributed by atoms with Crippen LogP contribution in [0.3, 0.4) is 0 Å². The predicted molar refractivity (Wildman–Crippen MR) is 76.7 cm³/mol. The zero-order valence-corrected chi connectivity index (χ0v) is 11.6. The molecule has 2 unspecified atom stereocenters. The zero-order chi connectivity index (χ0) is 14.2. The summed E-state index contributed by atoms with van der Waals surface area (Å²) in [4.78, 5) is 15.8. The van der Waals surface area contributed by atoms with E-state index in [1.807, 2.05) is 6.07 Å². The van der Waals surface area contributed by atoms with Gasteiger partial charge in [-0.15, -0.1) is 0 Å². The van der Waals surface area contributed by atoms with Gasteiger partial charge in [0.1, 0.15) is 0 Å². The predicted octanol–water partition coefficient (Wildman–Crippen LogP) is 1.50. The molecule has 19 heavy (non-hydrogen) atoms. The number of hydrogen-bond donors (Lipinski definition) is 2. The van der Waals surface area contributed by atoms with E-state index in [0.29, 0.717) is 17.8 Å². The molecule has 1 heterocycles. The van der Waals surface area contributed by atoms with Crippen LogP contribution in [-0.2, 0) is 0 Å². The molecule has 1 aliphatic heterocycles. The van der Waals surface area contributed by atoms with Crippen LogP contribution in [0.1, 0.15) is 24.2 Å². The van der Waals surface area contributed by atoms with Crippen molar-refractivity contribution in [1.82, 2.24) is 4.90 Å².